The first kappa shape index (κ1) is 11.5. The van der Waals surface area contributed by atoms with Crippen molar-refractivity contribution in [1.82, 2.24) is 10.2 Å². The van der Waals surface area contributed by atoms with E-state index in [0.29, 0.717) is 11.9 Å². The molecule has 3 heterocycles. The third kappa shape index (κ3) is 1.97. The zero-order valence-corrected chi connectivity index (χ0v) is 10.4. The van der Waals surface area contributed by atoms with Crippen LogP contribution in [0.2, 0.25) is 0 Å². The van der Waals surface area contributed by atoms with Crippen molar-refractivity contribution < 1.29 is 9.53 Å². The summed E-state index contributed by atoms with van der Waals surface area (Å²) in [6, 6.07) is 0.442. The van der Waals surface area contributed by atoms with E-state index in [-0.39, 0.29) is 5.41 Å². The first-order chi connectivity index (χ1) is 8.32. The van der Waals surface area contributed by atoms with Gasteiger partial charge in [-0.15, -0.1) is 0 Å². The molecule has 17 heavy (non-hydrogen) atoms. The SMILES string of the molecule is O=C1N(C2CCOCC2)CC[C@@]12CCCNC2. The number of hydrogen-bond donors (Lipinski definition) is 1. The summed E-state index contributed by atoms with van der Waals surface area (Å²) in [5.74, 6) is 0.414. The van der Waals surface area contributed by atoms with Crippen LogP contribution >= 0.6 is 0 Å². The lowest BCUT2D eigenvalue weighted by molar-refractivity contribution is -0.140. The molecule has 4 nitrogen and oxygen atoms in total. The number of likely N-dealkylation sites (tertiary alicyclic amines) is 1. The molecule has 3 saturated heterocycles. The van der Waals surface area contributed by atoms with Gasteiger partial charge < -0.3 is 15.0 Å². The van der Waals surface area contributed by atoms with E-state index in [1.54, 1.807) is 0 Å². The monoisotopic (exact) mass is 238 g/mol. The van der Waals surface area contributed by atoms with Gasteiger partial charge in [-0.2, -0.15) is 0 Å². The highest BCUT2D eigenvalue weighted by Crippen LogP contribution is 2.39. The van der Waals surface area contributed by atoms with Crippen LogP contribution in [-0.4, -0.2) is 49.7 Å². The van der Waals surface area contributed by atoms with Crippen LogP contribution in [0.25, 0.3) is 0 Å². The first-order valence-electron chi connectivity index (χ1n) is 6.91. The normalized spacial score (nSPS) is 35.8. The predicted octanol–water partition coefficient (Wildman–Crippen LogP) is 0.767. The third-order valence-electron chi connectivity index (χ3n) is 4.65. The van der Waals surface area contributed by atoms with Crippen molar-refractivity contribution >= 4 is 5.91 Å². The van der Waals surface area contributed by atoms with E-state index in [4.69, 9.17) is 4.74 Å². The smallest absolute Gasteiger partial charge is 0.230 e. The highest BCUT2D eigenvalue weighted by atomic mass is 16.5. The molecule has 3 fully saturated rings. The Bertz CT molecular complexity index is 294. The molecular weight excluding hydrogens is 216 g/mol. The second-order valence-electron chi connectivity index (χ2n) is 5.65. The molecule has 3 aliphatic rings. The van der Waals surface area contributed by atoms with Gasteiger partial charge in [0.05, 0.1) is 5.41 Å². The summed E-state index contributed by atoms with van der Waals surface area (Å²) in [6.45, 7) is 4.57. The minimum absolute atomic E-state index is 0.0590. The largest absolute Gasteiger partial charge is 0.381 e. The van der Waals surface area contributed by atoms with Crippen LogP contribution in [0.15, 0.2) is 0 Å². The Hall–Kier alpha value is -0.610. The van der Waals surface area contributed by atoms with E-state index < -0.39 is 0 Å². The van der Waals surface area contributed by atoms with Crippen LogP contribution in [0, 0.1) is 5.41 Å². The lowest BCUT2D eigenvalue weighted by atomic mass is 9.79. The Labute approximate surface area is 103 Å². The number of piperidine rings is 1. The van der Waals surface area contributed by atoms with E-state index in [1.165, 1.54) is 0 Å². The molecule has 1 N–H and O–H groups in total. The van der Waals surface area contributed by atoms with Crippen molar-refractivity contribution in [3.8, 4) is 0 Å². The van der Waals surface area contributed by atoms with Gasteiger partial charge >= 0.3 is 0 Å². The lowest BCUT2D eigenvalue weighted by Gasteiger charge is -2.35. The number of nitrogens with zero attached hydrogens (tertiary/aromatic N) is 1. The Morgan fingerprint density at radius 2 is 2.12 bits per heavy atom. The van der Waals surface area contributed by atoms with Gasteiger partial charge in [-0.05, 0) is 38.6 Å². The van der Waals surface area contributed by atoms with E-state index in [9.17, 15) is 4.79 Å². The zero-order valence-electron chi connectivity index (χ0n) is 10.4. The molecule has 0 aromatic rings. The lowest BCUT2D eigenvalue weighted by Crippen LogP contribution is -2.48. The van der Waals surface area contributed by atoms with Crippen LogP contribution in [0.4, 0.5) is 0 Å². The fraction of sp³-hybridized carbons (Fsp3) is 0.923. The van der Waals surface area contributed by atoms with E-state index >= 15 is 0 Å². The molecule has 3 aliphatic heterocycles. The number of amides is 1. The quantitative estimate of drug-likeness (QED) is 0.733. The number of carbonyl (C=O) groups is 1. The number of nitrogens with one attached hydrogen (secondary N) is 1. The van der Waals surface area contributed by atoms with Gasteiger partial charge in [-0.3, -0.25) is 4.79 Å². The van der Waals surface area contributed by atoms with Gasteiger partial charge in [0.15, 0.2) is 0 Å². The maximum atomic E-state index is 12.6. The van der Waals surface area contributed by atoms with Gasteiger partial charge in [0.1, 0.15) is 0 Å². The van der Waals surface area contributed by atoms with Gasteiger partial charge in [-0.1, -0.05) is 0 Å². The number of hydrogen-bond acceptors (Lipinski definition) is 3. The van der Waals surface area contributed by atoms with Gasteiger partial charge in [0, 0.05) is 32.3 Å². The van der Waals surface area contributed by atoms with Gasteiger partial charge in [-0.25, -0.2) is 0 Å². The van der Waals surface area contributed by atoms with Crippen LogP contribution in [0.1, 0.15) is 32.1 Å². The number of carbonyl (C=O) groups excluding carboxylic acids is 1. The summed E-state index contributed by atoms with van der Waals surface area (Å²) >= 11 is 0. The Morgan fingerprint density at radius 3 is 2.82 bits per heavy atom. The zero-order chi connectivity index (χ0) is 11.7. The number of rotatable bonds is 1. The molecule has 3 rings (SSSR count). The topological polar surface area (TPSA) is 41.6 Å². The molecule has 96 valence electrons. The summed E-state index contributed by atoms with van der Waals surface area (Å²) in [5.41, 5.74) is -0.0590. The highest BCUT2D eigenvalue weighted by molar-refractivity contribution is 5.85. The molecule has 1 spiro atoms. The van der Waals surface area contributed by atoms with Crippen LogP contribution < -0.4 is 5.32 Å². The molecule has 0 unspecified atom stereocenters. The fourth-order valence-electron chi connectivity index (χ4n) is 3.56. The molecular formula is C13H22N2O2. The molecule has 0 bridgehead atoms. The summed E-state index contributed by atoms with van der Waals surface area (Å²) in [6.07, 6.45) is 5.33. The molecule has 0 radical (unpaired) electrons. The minimum Gasteiger partial charge on any atom is -0.381 e. The van der Waals surface area contributed by atoms with Crippen molar-refractivity contribution in [2.45, 2.75) is 38.1 Å². The van der Waals surface area contributed by atoms with Crippen LogP contribution in [0.3, 0.4) is 0 Å². The van der Waals surface area contributed by atoms with Crippen molar-refractivity contribution in [3.05, 3.63) is 0 Å². The average molecular weight is 238 g/mol. The van der Waals surface area contributed by atoms with E-state index in [0.717, 1.165) is 65.0 Å². The second kappa shape index (κ2) is 4.58. The van der Waals surface area contributed by atoms with Crippen molar-refractivity contribution in [2.24, 2.45) is 5.41 Å². The van der Waals surface area contributed by atoms with Crippen LogP contribution in [0.5, 0.6) is 0 Å². The summed E-state index contributed by atoms with van der Waals surface area (Å²) in [7, 11) is 0. The van der Waals surface area contributed by atoms with Crippen molar-refractivity contribution in [1.29, 1.82) is 0 Å². The molecule has 4 heteroatoms. The maximum absolute atomic E-state index is 12.6. The second-order valence-corrected chi connectivity index (χ2v) is 5.65. The van der Waals surface area contributed by atoms with Gasteiger partial charge in [0.2, 0.25) is 5.91 Å². The predicted molar refractivity (Wildman–Crippen MR) is 64.7 cm³/mol. The summed E-state index contributed by atoms with van der Waals surface area (Å²) < 4.78 is 5.38. The highest BCUT2D eigenvalue weighted by Gasteiger charge is 2.48. The minimum atomic E-state index is -0.0590. The number of ether oxygens (including phenoxy) is 1. The fourth-order valence-corrected chi connectivity index (χ4v) is 3.56. The standard InChI is InChI=1S/C13H22N2O2/c16-12-13(4-1-6-14-10-13)5-7-15(12)11-2-8-17-9-3-11/h11,14H,1-10H2/t13-/m1/s1. The Kier molecular flexibility index (Phi) is 3.09. The van der Waals surface area contributed by atoms with Crippen LogP contribution in [-0.2, 0) is 9.53 Å². The summed E-state index contributed by atoms with van der Waals surface area (Å²) in [4.78, 5) is 14.8. The molecule has 0 aromatic heterocycles. The Morgan fingerprint density at radius 1 is 1.29 bits per heavy atom. The Balaban J connectivity index is 1.70. The summed E-state index contributed by atoms with van der Waals surface area (Å²) in [5, 5.41) is 3.40. The maximum Gasteiger partial charge on any atom is 0.230 e. The molecule has 1 amide bonds. The third-order valence-corrected chi connectivity index (χ3v) is 4.65. The van der Waals surface area contributed by atoms with Crippen molar-refractivity contribution in [3.63, 3.8) is 0 Å². The molecule has 0 aromatic carbocycles. The molecule has 1 atom stereocenters. The van der Waals surface area contributed by atoms with Crippen molar-refractivity contribution in [2.75, 3.05) is 32.8 Å². The van der Waals surface area contributed by atoms with Gasteiger partial charge in [0.25, 0.3) is 0 Å². The molecule has 0 aliphatic carbocycles. The first-order valence-corrected chi connectivity index (χ1v) is 6.91. The van der Waals surface area contributed by atoms with E-state index in [2.05, 4.69) is 10.2 Å². The molecule has 0 saturated carbocycles. The van der Waals surface area contributed by atoms with E-state index in [1.807, 2.05) is 0 Å². The average Bonchev–Trinajstić information content (AvgIpc) is 2.70.